The van der Waals surface area contributed by atoms with Crippen LogP contribution in [-0.2, 0) is 16.1 Å². The van der Waals surface area contributed by atoms with Crippen LogP contribution in [0.25, 0.3) is 21.5 Å². The largest absolute Gasteiger partial charge is 0.458 e. The van der Waals surface area contributed by atoms with Crippen LogP contribution in [0.2, 0.25) is 0 Å². The Labute approximate surface area is 158 Å². The van der Waals surface area contributed by atoms with Gasteiger partial charge in [-0.25, -0.2) is 9.97 Å². The van der Waals surface area contributed by atoms with Crippen molar-refractivity contribution in [1.82, 2.24) is 15.0 Å². The molecule has 0 radical (unpaired) electrons. The predicted octanol–water partition coefficient (Wildman–Crippen LogP) is 4.52. The van der Waals surface area contributed by atoms with E-state index < -0.39 is 0 Å². The predicted molar refractivity (Wildman–Crippen MR) is 104 cm³/mol. The molecule has 26 heavy (non-hydrogen) atoms. The Morgan fingerprint density at radius 3 is 2.77 bits per heavy atom. The highest BCUT2D eigenvalue weighted by Gasteiger charge is 2.10. The zero-order chi connectivity index (χ0) is 17.8. The summed E-state index contributed by atoms with van der Waals surface area (Å²) in [4.78, 5) is 25.0. The molecule has 0 atom stereocenters. The van der Waals surface area contributed by atoms with Crippen LogP contribution in [-0.4, -0.2) is 26.7 Å². The first-order valence-corrected chi connectivity index (χ1v) is 9.81. The molecule has 4 aromatic rings. The number of aromatic amines is 1. The van der Waals surface area contributed by atoms with E-state index in [-0.39, 0.29) is 18.3 Å². The highest BCUT2D eigenvalue weighted by molar-refractivity contribution is 7.99. The molecule has 0 fully saturated rings. The van der Waals surface area contributed by atoms with Crippen LogP contribution in [0.1, 0.15) is 5.01 Å². The van der Waals surface area contributed by atoms with Gasteiger partial charge >= 0.3 is 5.97 Å². The molecule has 0 bridgehead atoms. The molecule has 0 aliphatic rings. The van der Waals surface area contributed by atoms with Crippen molar-refractivity contribution in [1.29, 1.82) is 0 Å². The van der Waals surface area contributed by atoms with Gasteiger partial charge in [0, 0.05) is 6.20 Å². The number of carbonyl (C=O) groups excluding carboxylic acids is 1. The zero-order valence-electron chi connectivity index (χ0n) is 13.7. The minimum absolute atomic E-state index is 0.191. The SMILES string of the molecule is O=C(CSc1nc2ccccc2[nH]1)OCc1ncc(-c2ccccc2)s1. The lowest BCUT2D eigenvalue weighted by Gasteiger charge is -2.01. The topological polar surface area (TPSA) is 67.9 Å². The average molecular weight is 381 g/mol. The normalized spacial score (nSPS) is 10.9. The number of hydrogen-bond acceptors (Lipinski definition) is 6. The van der Waals surface area contributed by atoms with Crippen molar-refractivity contribution >= 4 is 40.1 Å². The third-order valence-electron chi connectivity index (χ3n) is 3.66. The van der Waals surface area contributed by atoms with E-state index in [0.29, 0.717) is 5.16 Å². The maximum atomic E-state index is 12.0. The monoisotopic (exact) mass is 381 g/mol. The molecule has 2 heterocycles. The van der Waals surface area contributed by atoms with Gasteiger partial charge in [0.2, 0.25) is 0 Å². The van der Waals surface area contributed by atoms with Gasteiger partial charge in [0.15, 0.2) is 5.16 Å². The molecule has 7 heteroatoms. The number of hydrogen-bond donors (Lipinski definition) is 1. The van der Waals surface area contributed by atoms with Gasteiger partial charge in [-0.2, -0.15) is 0 Å². The van der Waals surface area contributed by atoms with Crippen molar-refractivity contribution in [2.75, 3.05) is 5.75 Å². The van der Waals surface area contributed by atoms with Gasteiger partial charge in [-0.15, -0.1) is 11.3 Å². The van der Waals surface area contributed by atoms with Crippen LogP contribution < -0.4 is 0 Å². The minimum atomic E-state index is -0.285. The number of fused-ring (bicyclic) bond motifs is 1. The smallest absolute Gasteiger partial charge is 0.316 e. The van der Waals surface area contributed by atoms with E-state index in [1.165, 1.54) is 23.1 Å². The second kappa shape index (κ2) is 7.72. The van der Waals surface area contributed by atoms with Crippen LogP contribution in [0, 0.1) is 0 Å². The fraction of sp³-hybridized carbons (Fsp3) is 0.105. The van der Waals surface area contributed by atoms with Crippen LogP contribution in [0.5, 0.6) is 0 Å². The molecular weight excluding hydrogens is 366 g/mol. The van der Waals surface area contributed by atoms with Crippen LogP contribution in [0.4, 0.5) is 0 Å². The summed E-state index contributed by atoms with van der Waals surface area (Å²) in [5, 5.41) is 1.50. The number of para-hydroxylation sites is 2. The minimum Gasteiger partial charge on any atom is -0.458 e. The number of aromatic nitrogens is 3. The van der Waals surface area contributed by atoms with E-state index in [4.69, 9.17) is 4.74 Å². The Balaban J connectivity index is 1.29. The summed E-state index contributed by atoms with van der Waals surface area (Å²) in [5.74, 6) is -0.0802. The molecule has 0 aliphatic heterocycles. The van der Waals surface area contributed by atoms with Gasteiger partial charge < -0.3 is 9.72 Å². The van der Waals surface area contributed by atoms with E-state index in [1.54, 1.807) is 0 Å². The highest BCUT2D eigenvalue weighted by Crippen LogP contribution is 2.26. The van der Waals surface area contributed by atoms with E-state index in [1.807, 2.05) is 60.8 Å². The Morgan fingerprint density at radius 1 is 1.12 bits per heavy atom. The number of carbonyl (C=O) groups is 1. The van der Waals surface area contributed by atoms with Gasteiger partial charge in [-0.3, -0.25) is 4.79 Å². The molecule has 0 unspecified atom stereocenters. The number of H-pyrrole nitrogens is 1. The summed E-state index contributed by atoms with van der Waals surface area (Å²) in [6, 6.07) is 17.8. The highest BCUT2D eigenvalue weighted by atomic mass is 32.2. The number of thiazole rings is 1. The Hall–Kier alpha value is -2.64. The third kappa shape index (κ3) is 3.95. The summed E-state index contributed by atoms with van der Waals surface area (Å²) < 4.78 is 5.32. The number of ether oxygens (including phenoxy) is 1. The molecule has 0 amide bonds. The van der Waals surface area contributed by atoms with E-state index in [9.17, 15) is 4.79 Å². The number of imidazole rings is 1. The van der Waals surface area contributed by atoms with Crippen molar-refractivity contribution in [3.8, 4) is 10.4 Å². The van der Waals surface area contributed by atoms with Gasteiger partial charge in [0.25, 0.3) is 0 Å². The number of esters is 1. The number of nitrogens with one attached hydrogen (secondary N) is 1. The van der Waals surface area contributed by atoms with Crippen molar-refractivity contribution in [3.05, 3.63) is 65.8 Å². The lowest BCUT2D eigenvalue weighted by Crippen LogP contribution is -2.07. The first-order chi connectivity index (χ1) is 12.8. The lowest BCUT2D eigenvalue weighted by atomic mass is 10.2. The first kappa shape index (κ1) is 16.8. The van der Waals surface area contributed by atoms with Crippen LogP contribution in [0.3, 0.4) is 0 Å². The average Bonchev–Trinajstić information content (AvgIpc) is 3.32. The fourth-order valence-corrected chi connectivity index (χ4v) is 3.94. The standard InChI is InChI=1S/C19H15N3O2S2/c23-18(12-25-19-21-14-8-4-5-9-15(14)22-19)24-11-17-20-10-16(26-17)13-6-2-1-3-7-13/h1-10H,11-12H2,(H,21,22). The number of thioether (sulfide) groups is 1. The molecule has 1 N–H and O–H groups in total. The van der Waals surface area contributed by atoms with Crippen LogP contribution in [0.15, 0.2) is 66.0 Å². The van der Waals surface area contributed by atoms with Crippen molar-refractivity contribution in [2.24, 2.45) is 0 Å². The summed E-state index contributed by atoms with van der Waals surface area (Å²) in [7, 11) is 0. The van der Waals surface area contributed by atoms with Crippen molar-refractivity contribution < 1.29 is 9.53 Å². The van der Waals surface area contributed by atoms with E-state index in [0.717, 1.165) is 26.5 Å². The maximum Gasteiger partial charge on any atom is 0.316 e. The van der Waals surface area contributed by atoms with E-state index in [2.05, 4.69) is 15.0 Å². The summed E-state index contributed by atoms with van der Waals surface area (Å²) in [6.07, 6.45) is 1.81. The van der Waals surface area contributed by atoms with Gasteiger partial charge in [-0.1, -0.05) is 54.2 Å². The summed E-state index contributed by atoms with van der Waals surface area (Å²) in [6.45, 7) is 0.191. The Morgan fingerprint density at radius 2 is 1.92 bits per heavy atom. The number of rotatable bonds is 6. The molecule has 5 nitrogen and oxygen atoms in total. The van der Waals surface area contributed by atoms with Gasteiger partial charge in [0.05, 0.1) is 21.7 Å². The Bertz CT molecular complexity index is 994. The fourth-order valence-electron chi connectivity index (χ4n) is 2.42. The van der Waals surface area contributed by atoms with Crippen molar-refractivity contribution in [2.45, 2.75) is 11.8 Å². The second-order valence-corrected chi connectivity index (χ2v) is 7.57. The number of benzene rings is 2. The maximum absolute atomic E-state index is 12.0. The lowest BCUT2D eigenvalue weighted by molar-refractivity contribution is -0.141. The second-order valence-electron chi connectivity index (χ2n) is 5.49. The molecule has 0 aliphatic carbocycles. The molecular formula is C19H15N3O2S2. The number of nitrogens with zero attached hydrogens (tertiary/aromatic N) is 2. The molecule has 2 aromatic carbocycles. The first-order valence-electron chi connectivity index (χ1n) is 8.01. The van der Waals surface area contributed by atoms with Crippen LogP contribution >= 0.6 is 23.1 Å². The van der Waals surface area contributed by atoms with Gasteiger partial charge in [-0.05, 0) is 17.7 Å². The van der Waals surface area contributed by atoms with Gasteiger partial charge in [0.1, 0.15) is 11.6 Å². The zero-order valence-corrected chi connectivity index (χ0v) is 15.3. The summed E-state index contributed by atoms with van der Waals surface area (Å²) >= 11 is 2.87. The molecule has 0 spiro atoms. The van der Waals surface area contributed by atoms with E-state index >= 15 is 0 Å². The molecule has 2 aromatic heterocycles. The van der Waals surface area contributed by atoms with Crippen molar-refractivity contribution in [3.63, 3.8) is 0 Å². The molecule has 130 valence electrons. The summed E-state index contributed by atoms with van der Waals surface area (Å²) in [5.41, 5.74) is 2.96. The molecule has 0 saturated heterocycles. The third-order valence-corrected chi connectivity index (χ3v) is 5.53. The Kier molecular flexibility index (Phi) is 4.99. The molecule has 4 rings (SSSR count). The quantitative estimate of drug-likeness (QED) is 0.393. The molecule has 0 saturated carbocycles.